The molecule has 1 aromatic carbocycles. The van der Waals surface area contributed by atoms with Crippen LogP contribution >= 0.6 is 0 Å². The number of rotatable bonds is 6. The molecule has 0 saturated heterocycles. The van der Waals surface area contributed by atoms with Crippen LogP contribution in [-0.4, -0.2) is 5.78 Å². The minimum Gasteiger partial charge on any atom is -0.294 e. The van der Waals surface area contributed by atoms with E-state index in [-0.39, 0.29) is 5.92 Å². The van der Waals surface area contributed by atoms with Crippen LogP contribution in [0.15, 0.2) is 12.1 Å². The Hall–Kier alpha value is -1.11. The van der Waals surface area contributed by atoms with Gasteiger partial charge in [-0.25, -0.2) is 0 Å². The lowest BCUT2D eigenvalue weighted by Gasteiger charge is -2.17. The zero-order valence-electron chi connectivity index (χ0n) is 12.5. The predicted octanol–water partition coefficient (Wildman–Crippen LogP) is 5.01. The second kappa shape index (κ2) is 6.72. The average Bonchev–Trinajstić information content (AvgIpc) is 2.27. The lowest BCUT2D eigenvalue weighted by molar-refractivity contribution is 0.0903. The number of ketones is 1. The molecule has 0 atom stereocenters. The molecule has 0 bridgehead atoms. The molecule has 0 spiro atoms. The van der Waals surface area contributed by atoms with Crippen LogP contribution in [0.1, 0.15) is 66.6 Å². The van der Waals surface area contributed by atoms with Crippen molar-refractivity contribution in [3.8, 4) is 0 Å². The van der Waals surface area contributed by atoms with Crippen molar-refractivity contribution in [1.82, 2.24) is 0 Å². The van der Waals surface area contributed by atoms with Crippen LogP contribution in [0.25, 0.3) is 0 Å². The molecular weight excluding hydrogens is 220 g/mol. The highest BCUT2D eigenvalue weighted by atomic mass is 16.1. The Labute approximate surface area is 112 Å². The largest absolute Gasteiger partial charge is 0.294 e. The van der Waals surface area contributed by atoms with Crippen LogP contribution in [0, 0.1) is 26.7 Å². The highest BCUT2D eigenvalue weighted by molar-refractivity contribution is 6.00. The smallest absolute Gasteiger partial charge is 0.166 e. The third-order valence-electron chi connectivity index (χ3n) is 3.57. The Balaban J connectivity index is 3.08. The van der Waals surface area contributed by atoms with E-state index >= 15 is 0 Å². The van der Waals surface area contributed by atoms with E-state index in [1.165, 1.54) is 5.56 Å². The van der Waals surface area contributed by atoms with Gasteiger partial charge in [-0.1, -0.05) is 44.4 Å². The van der Waals surface area contributed by atoms with Gasteiger partial charge in [0.05, 0.1) is 0 Å². The molecule has 18 heavy (non-hydrogen) atoms. The summed E-state index contributed by atoms with van der Waals surface area (Å²) in [6.45, 7) is 10.5. The van der Waals surface area contributed by atoms with Gasteiger partial charge in [0.2, 0.25) is 0 Å². The molecule has 0 aromatic heterocycles. The molecule has 0 amide bonds. The van der Waals surface area contributed by atoms with Crippen molar-refractivity contribution in [2.24, 2.45) is 5.92 Å². The molecule has 100 valence electrons. The van der Waals surface area contributed by atoms with Crippen LogP contribution in [0.2, 0.25) is 0 Å². The molecule has 0 N–H and O–H groups in total. The van der Waals surface area contributed by atoms with Crippen LogP contribution in [0.5, 0.6) is 0 Å². The van der Waals surface area contributed by atoms with Gasteiger partial charge >= 0.3 is 0 Å². The molecule has 0 aliphatic carbocycles. The molecule has 0 aliphatic heterocycles. The zero-order valence-corrected chi connectivity index (χ0v) is 12.5. The minimum atomic E-state index is 0.208. The quantitative estimate of drug-likeness (QED) is 0.645. The van der Waals surface area contributed by atoms with Crippen molar-refractivity contribution < 1.29 is 4.79 Å². The molecular formula is C17H26O. The lowest BCUT2D eigenvalue weighted by Crippen LogP contribution is -2.17. The maximum Gasteiger partial charge on any atom is 0.166 e. The van der Waals surface area contributed by atoms with Gasteiger partial charge < -0.3 is 0 Å². The third kappa shape index (κ3) is 3.44. The first-order valence-corrected chi connectivity index (χ1v) is 7.13. The van der Waals surface area contributed by atoms with Gasteiger partial charge in [0, 0.05) is 11.5 Å². The zero-order chi connectivity index (χ0) is 13.7. The molecule has 0 aliphatic rings. The fourth-order valence-electron chi connectivity index (χ4n) is 2.88. The number of aryl methyl sites for hydroxylation is 3. The summed E-state index contributed by atoms with van der Waals surface area (Å²) >= 11 is 0. The van der Waals surface area contributed by atoms with Crippen molar-refractivity contribution in [3.05, 3.63) is 34.4 Å². The fraction of sp³-hybridized carbons (Fsp3) is 0.588. The minimum absolute atomic E-state index is 0.208. The molecule has 1 aromatic rings. The Morgan fingerprint density at radius 3 is 1.83 bits per heavy atom. The van der Waals surface area contributed by atoms with Gasteiger partial charge in [0.1, 0.15) is 0 Å². The Bertz CT molecular complexity index is 389. The number of hydrogen-bond donors (Lipinski definition) is 0. The van der Waals surface area contributed by atoms with Crippen molar-refractivity contribution in [3.63, 3.8) is 0 Å². The highest BCUT2D eigenvalue weighted by Gasteiger charge is 2.21. The van der Waals surface area contributed by atoms with Gasteiger partial charge in [-0.2, -0.15) is 0 Å². The van der Waals surface area contributed by atoms with Gasteiger partial charge in [-0.15, -0.1) is 0 Å². The summed E-state index contributed by atoms with van der Waals surface area (Å²) < 4.78 is 0. The fourth-order valence-corrected chi connectivity index (χ4v) is 2.88. The molecule has 0 saturated carbocycles. The van der Waals surface area contributed by atoms with E-state index in [1.807, 2.05) is 0 Å². The van der Waals surface area contributed by atoms with Crippen LogP contribution in [0.3, 0.4) is 0 Å². The molecule has 0 radical (unpaired) electrons. The Kier molecular flexibility index (Phi) is 5.58. The SMILES string of the molecule is CCCC(CCC)C(=O)c1c(C)cc(C)cc1C. The van der Waals surface area contributed by atoms with Gasteiger partial charge in [-0.3, -0.25) is 4.79 Å². The normalized spacial score (nSPS) is 11.0. The number of carbonyl (C=O) groups excluding carboxylic acids is 1. The molecule has 0 unspecified atom stereocenters. The van der Waals surface area contributed by atoms with Crippen LogP contribution in [-0.2, 0) is 0 Å². The van der Waals surface area contributed by atoms with Gasteiger partial charge in [0.25, 0.3) is 0 Å². The second-order valence-electron chi connectivity index (χ2n) is 5.41. The summed E-state index contributed by atoms with van der Waals surface area (Å²) in [6.07, 6.45) is 4.19. The molecule has 1 rings (SSSR count). The molecule has 0 heterocycles. The standard InChI is InChI=1S/C17H26O/c1-6-8-15(9-7-2)17(18)16-13(4)10-12(3)11-14(16)5/h10-11,15H,6-9H2,1-5H3. The monoisotopic (exact) mass is 246 g/mol. The topological polar surface area (TPSA) is 17.1 Å². The van der Waals surface area contributed by atoms with Gasteiger partial charge in [0.15, 0.2) is 5.78 Å². The van der Waals surface area contributed by atoms with Crippen LogP contribution < -0.4 is 0 Å². The summed E-state index contributed by atoms with van der Waals surface area (Å²) in [5, 5.41) is 0. The summed E-state index contributed by atoms with van der Waals surface area (Å²) in [5.41, 5.74) is 4.47. The number of benzene rings is 1. The van der Waals surface area contributed by atoms with Crippen molar-refractivity contribution in [2.75, 3.05) is 0 Å². The van der Waals surface area contributed by atoms with E-state index < -0.39 is 0 Å². The van der Waals surface area contributed by atoms with E-state index in [4.69, 9.17) is 0 Å². The van der Waals surface area contributed by atoms with Crippen LogP contribution in [0.4, 0.5) is 0 Å². The number of carbonyl (C=O) groups is 1. The first kappa shape index (κ1) is 14.9. The molecule has 1 heteroatoms. The third-order valence-corrected chi connectivity index (χ3v) is 3.57. The van der Waals surface area contributed by atoms with Gasteiger partial charge in [-0.05, 0) is 44.7 Å². The summed E-state index contributed by atoms with van der Waals surface area (Å²) in [5.74, 6) is 0.564. The van der Waals surface area contributed by atoms with E-state index in [1.54, 1.807) is 0 Å². The van der Waals surface area contributed by atoms with E-state index in [9.17, 15) is 4.79 Å². The first-order chi connectivity index (χ1) is 8.51. The number of Topliss-reactive ketones (excluding diaryl/α,β-unsaturated/α-hetero) is 1. The average molecular weight is 246 g/mol. The lowest BCUT2D eigenvalue weighted by atomic mass is 9.85. The molecule has 1 nitrogen and oxygen atoms in total. The second-order valence-corrected chi connectivity index (χ2v) is 5.41. The maximum atomic E-state index is 12.7. The number of hydrogen-bond acceptors (Lipinski definition) is 1. The van der Waals surface area contributed by atoms with E-state index in [0.29, 0.717) is 5.78 Å². The summed E-state index contributed by atoms with van der Waals surface area (Å²) in [6, 6.07) is 4.24. The Morgan fingerprint density at radius 1 is 1.00 bits per heavy atom. The van der Waals surface area contributed by atoms with Crippen molar-refractivity contribution in [1.29, 1.82) is 0 Å². The predicted molar refractivity (Wildman–Crippen MR) is 78.3 cm³/mol. The summed E-state index contributed by atoms with van der Waals surface area (Å²) in [7, 11) is 0. The summed E-state index contributed by atoms with van der Waals surface area (Å²) in [4.78, 5) is 12.7. The van der Waals surface area contributed by atoms with Crippen molar-refractivity contribution in [2.45, 2.75) is 60.3 Å². The van der Waals surface area contributed by atoms with E-state index in [0.717, 1.165) is 42.4 Å². The van der Waals surface area contributed by atoms with E-state index in [2.05, 4.69) is 46.8 Å². The first-order valence-electron chi connectivity index (χ1n) is 7.13. The van der Waals surface area contributed by atoms with Crippen molar-refractivity contribution >= 4 is 5.78 Å². The molecule has 0 fully saturated rings. The maximum absolute atomic E-state index is 12.7. The highest BCUT2D eigenvalue weighted by Crippen LogP contribution is 2.24. The Morgan fingerprint density at radius 2 is 1.44 bits per heavy atom.